The number of para-hydroxylation sites is 2. The maximum Gasteiger partial charge on any atom is 0.287 e. The fourth-order valence-electron chi connectivity index (χ4n) is 3.62. The van der Waals surface area contributed by atoms with Gasteiger partial charge in [0.05, 0.1) is 11.0 Å². The van der Waals surface area contributed by atoms with Gasteiger partial charge >= 0.3 is 0 Å². The molecule has 1 aromatic heterocycles. The summed E-state index contributed by atoms with van der Waals surface area (Å²) in [6, 6.07) is 24.0. The number of nitrogens with zero attached hydrogens (tertiary/aromatic N) is 1. The molecule has 0 unspecified atom stereocenters. The highest BCUT2D eigenvalue weighted by Gasteiger charge is 2.23. The Kier molecular flexibility index (Phi) is 7.37. The Labute approximate surface area is 197 Å². The van der Waals surface area contributed by atoms with E-state index in [-0.39, 0.29) is 11.7 Å². The molecule has 0 saturated carbocycles. The van der Waals surface area contributed by atoms with Gasteiger partial charge in [0.1, 0.15) is 6.04 Å². The predicted molar refractivity (Wildman–Crippen MR) is 130 cm³/mol. The highest BCUT2D eigenvalue weighted by Crippen LogP contribution is 2.13. The number of aromatic amines is 1. The molecule has 2 amide bonds. The third-order valence-electron chi connectivity index (χ3n) is 5.36. The van der Waals surface area contributed by atoms with Crippen molar-refractivity contribution in [3.63, 3.8) is 0 Å². The second kappa shape index (κ2) is 10.8. The van der Waals surface area contributed by atoms with Crippen LogP contribution >= 0.6 is 11.6 Å². The minimum atomic E-state index is -0.747. The Morgan fingerprint density at radius 3 is 2.39 bits per heavy atom. The molecule has 0 bridgehead atoms. The summed E-state index contributed by atoms with van der Waals surface area (Å²) in [6.45, 7) is 0.519. The number of imidazole rings is 1. The van der Waals surface area contributed by atoms with Crippen LogP contribution in [0.25, 0.3) is 11.0 Å². The Morgan fingerprint density at radius 2 is 1.64 bits per heavy atom. The van der Waals surface area contributed by atoms with E-state index in [0.717, 1.165) is 23.9 Å². The molecule has 33 heavy (non-hydrogen) atoms. The van der Waals surface area contributed by atoms with Crippen molar-refractivity contribution >= 4 is 34.4 Å². The van der Waals surface area contributed by atoms with E-state index in [1.54, 1.807) is 12.1 Å². The summed E-state index contributed by atoms with van der Waals surface area (Å²) in [5.41, 5.74) is 3.58. The van der Waals surface area contributed by atoms with E-state index in [1.165, 1.54) is 5.56 Å². The van der Waals surface area contributed by atoms with Gasteiger partial charge in [-0.15, -0.1) is 0 Å². The summed E-state index contributed by atoms with van der Waals surface area (Å²) >= 11 is 5.99. The van der Waals surface area contributed by atoms with Gasteiger partial charge in [0.25, 0.3) is 5.91 Å². The molecule has 0 aliphatic carbocycles. The third kappa shape index (κ3) is 6.20. The smallest absolute Gasteiger partial charge is 0.287 e. The van der Waals surface area contributed by atoms with Gasteiger partial charge < -0.3 is 15.6 Å². The maximum atomic E-state index is 13.0. The molecule has 0 spiro atoms. The highest BCUT2D eigenvalue weighted by molar-refractivity contribution is 6.30. The average molecular weight is 461 g/mol. The highest BCUT2D eigenvalue weighted by atomic mass is 35.5. The topological polar surface area (TPSA) is 86.9 Å². The number of nitrogens with one attached hydrogen (secondary N) is 3. The molecule has 3 aromatic carbocycles. The van der Waals surface area contributed by atoms with Crippen LogP contribution in [0.2, 0.25) is 5.02 Å². The van der Waals surface area contributed by atoms with Crippen molar-refractivity contribution in [2.75, 3.05) is 6.54 Å². The van der Waals surface area contributed by atoms with Crippen molar-refractivity contribution in [1.29, 1.82) is 0 Å². The molecule has 0 radical (unpaired) electrons. The van der Waals surface area contributed by atoms with Gasteiger partial charge in [0.15, 0.2) is 5.82 Å². The van der Waals surface area contributed by atoms with E-state index in [4.69, 9.17) is 11.6 Å². The van der Waals surface area contributed by atoms with E-state index in [0.29, 0.717) is 23.5 Å². The minimum absolute atomic E-state index is 0.175. The first-order chi connectivity index (χ1) is 16.1. The van der Waals surface area contributed by atoms with Crippen LogP contribution in [0.1, 0.15) is 28.2 Å². The van der Waals surface area contributed by atoms with Crippen LogP contribution in [-0.4, -0.2) is 34.4 Å². The number of rotatable bonds is 9. The summed E-state index contributed by atoms with van der Waals surface area (Å²) in [5.74, 6) is -0.485. The molecule has 4 rings (SSSR count). The lowest BCUT2D eigenvalue weighted by atomic mass is 10.0. The van der Waals surface area contributed by atoms with Gasteiger partial charge in [0.2, 0.25) is 5.91 Å². The zero-order valence-electron chi connectivity index (χ0n) is 18.1. The van der Waals surface area contributed by atoms with Gasteiger partial charge in [-0.1, -0.05) is 66.2 Å². The molecule has 6 nitrogen and oxygen atoms in total. The van der Waals surface area contributed by atoms with Crippen LogP contribution in [0, 0.1) is 0 Å². The lowest BCUT2D eigenvalue weighted by molar-refractivity contribution is -0.122. The molecule has 0 saturated heterocycles. The third-order valence-corrected chi connectivity index (χ3v) is 5.62. The summed E-state index contributed by atoms with van der Waals surface area (Å²) in [7, 11) is 0. The number of fused-ring (bicyclic) bond motifs is 1. The SMILES string of the molecule is O=C(N[C@@H](Cc1ccc(Cl)cc1)C(=O)NCCCc1ccccc1)c1nc2ccccc2[nH]1. The van der Waals surface area contributed by atoms with Gasteiger partial charge in [-0.25, -0.2) is 4.98 Å². The number of amides is 2. The lowest BCUT2D eigenvalue weighted by Crippen LogP contribution is -2.48. The number of benzene rings is 3. The number of H-pyrrole nitrogens is 1. The molecule has 0 aliphatic heterocycles. The Hall–Kier alpha value is -3.64. The second-order valence-electron chi connectivity index (χ2n) is 7.84. The van der Waals surface area contributed by atoms with E-state index in [2.05, 4.69) is 32.7 Å². The fraction of sp³-hybridized carbons (Fsp3) is 0.192. The summed E-state index contributed by atoms with van der Waals surface area (Å²) in [4.78, 5) is 33.2. The standard InChI is InChI=1S/C26H25ClN4O2/c27-20-14-12-19(13-15-20)17-23(25(32)28-16-6-9-18-7-2-1-3-8-18)31-26(33)24-29-21-10-4-5-11-22(21)30-24/h1-5,7-8,10-15,23H,6,9,16-17H2,(H,28,32)(H,29,30)(H,31,33)/t23-/m0/s1. The van der Waals surface area contributed by atoms with Crippen LogP contribution in [-0.2, 0) is 17.6 Å². The van der Waals surface area contributed by atoms with Crippen LogP contribution in [0.4, 0.5) is 0 Å². The van der Waals surface area contributed by atoms with E-state index < -0.39 is 11.9 Å². The number of halogens is 1. The summed E-state index contributed by atoms with van der Waals surface area (Å²) in [6.07, 6.45) is 2.02. The van der Waals surface area contributed by atoms with E-state index >= 15 is 0 Å². The first-order valence-electron chi connectivity index (χ1n) is 10.9. The van der Waals surface area contributed by atoms with Crippen molar-refractivity contribution in [2.45, 2.75) is 25.3 Å². The number of hydrogen-bond acceptors (Lipinski definition) is 3. The molecule has 7 heteroatoms. The Balaban J connectivity index is 1.41. The van der Waals surface area contributed by atoms with Gasteiger partial charge in [-0.3, -0.25) is 9.59 Å². The van der Waals surface area contributed by atoms with E-state index in [1.807, 2.05) is 54.6 Å². The van der Waals surface area contributed by atoms with Crippen LogP contribution in [0.3, 0.4) is 0 Å². The normalized spacial score (nSPS) is 11.8. The minimum Gasteiger partial charge on any atom is -0.354 e. The largest absolute Gasteiger partial charge is 0.354 e. The number of carbonyl (C=O) groups excluding carboxylic acids is 2. The van der Waals surface area contributed by atoms with Gasteiger partial charge in [0, 0.05) is 18.0 Å². The van der Waals surface area contributed by atoms with Crippen molar-refractivity contribution in [1.82, 2.24) is 20.6 Å². The first-order valence-corrected chi connectivity index (χ1v) is 11.3. The van der Waals surface area contributed by atoms with Crippen LogP contribution in [0.15, 0.2) is 78.9 Å². The molecule has 3 N–H and O–H groups in total. The zero-order chi connectivity index (χ0) is 23.0. The van der Waals surface area contributed by atoms with E-state index in [9.17, 15) is 9.59 Å². The van der Waals surface area contributed by atoms with Crippen LogP contribution < -0.4 is 10.6 Å². The van der Waals surface area contributed by atoms with Crippen LogP contribution in [0.5, 0.6) is 0 Å². The quantitative estimate of drug-likeness (QED) is 0.325. The molecule has 0 fully saturated rings. The van der Waals surface area contributed by atoms with Crippen molar-refractivity contribution in [2.24, 2.45) is 0 Å². The lowest BCUT2D eigenvalue weighted by Gasteiger charge is -2.18. The zero-order valence-corrected chi connectivity index (χ0v) is 18.8. The Morgan fingerprint density at radius 1 is 0.909 bits per heavy atom. The molecule has 1 atom stereocenters. The molecular weight excluding hydrogens is 436 g/mol. The van der Waals surface area contributed by atoms with Crippen molar-refractivity contribution < 1.29 is 9.59 Å². The number of aryl methyl sites for hydroxylation is 1. The summed E-state index contributed by atoms with van der Waals surface area (Å²) < 4.78 is 0. The fourth-order valence-corrected chi connectivity index (χ4v) is 3.75. The maximum absolute atomic E-state index is 13.0. The van der Waals surface area contributed by atoms with Crippen molar-refractivity contribution in [3.05, 3.63) is 101 Å². The second-order valence-corrected chi connectivity index (χ2v) is 8.28. The number of carbonyl (C=O) groups is 2. The first kappa shape index (κ1) is 22.6. The molecule has 4 aromatic rings. The molecule has 1 heterocycles. The predicted octanol–water partition coefficient (Wildman–Crippen LogP) is 4.31. The number of hydrogen-bond donors (Lipinski definition) is 3. The molecule has 168 valence electrons. The summed E-state index contributed by atoms with van der Waals surface area (Å²) in [5, 5.41) is 6.41. The number of aromatic nitrogens is 2. The van der Waals surface area contributed by atoms with Crippen molar-refractivity contribution in [3.8, 4) is 0 Å². The molecular formula is C26H25ClN4O2. The Bertz CT molecular complexity index is 1190. The van der Waals surface area contributed by atoms with Gasteiger partial charge in [-0.05, 0) is 48.2 Å². The monoisotopic (exact) mass is 460 g/mol. The van der Waals surface area contributed by atoms with Gasteiger partial charge in [-0.2, -0.15) is 0 Å². The molecule has 0 aliphatic rings. The average Bonchev–Trinajstić information content (AvgIpc) is 3.28.